The molecule has 5 rings (SSSR count). The molecule has 0 aliphatic rings. The molecule has 0 bridgehead atoms. The topological polar surface area (TPSA) is 128 Å². The van der Waals surface area contributed by atoms with Gasteiger partial charge in [-0.15, -0.1) is 0 Å². The van der Waals surface area contributed by atoms with Crippen LogP contribution in [-0.2, 0) is 16.0 Å². The van der Waals surface area contributed by atoms with Crippen molar-refractivity contribution >= 4 is 5.91 Å². The van der Waals surface area contributed by atoms with E-state index in [-0.39, 0.29) is 24.0 Å². The number of aromatic nitrogens is 2. The molecule has 0 atom stereocenters. The van der Waals surface area contributed by atoms with Crippen molar-refractivity contribution in [3.63, 3.8) is 0 Å². The van der Waals surface area contributed by atoms with Gasteiger partial charge in [0.05, 0.1) is 66.3 Å². The smallest absolute Gasteiger partial charge is 0.251 e. The minimum absolute atomic E-state index is 0.0709. The Hall–Kier alpha value is -5.50. The van der Waals surface area contributed by atoms with Gasteiger partial charge in [-0.2, -0.15) is 0 Å². The Bertz CT molecular complexity index is 1950. The van der Waals surface area contributed by atoms with Crippen molar-refractivity contribution in [3.8, 4) is 56.9 Å². The first-order valence-electron chi connectivity index (χ1n) is 16.5. The number of methoxy groups -OCH3 is 4. The lowest BCUT2D eigenvalue weighted by atomic mass is 10.0. The fraction of sp³-hybridized carbons (Fsp3) is 0.282. The highest BCUT2D eigenvalue weighted by atomic mass is 19.1. The third-order valence-electron chi connectivity index (χ3n) is 8.15. The van der Waals surface area contributed by atoms with Gasteiger partial charge in [-0.1, -0.05) is 12.1 Å². The number of carbonyl (C=O) groups is 1. The highest BCUT2D eigenvalue weighted by molar-refractivity contribution is 5.94. The van der Waals surface area contributed by atoms with E-state index in [4.69, 9.17) is 39.1 Å². The number of rotatable bonds is 18. The Balaban J connectivity index is 1.55. The number of nitrogens with two attached hydrogens (primary N) is 1. The van der Waals surface area contributed by atoms with Crippen molar-refractivity contribution < 1.29 is 42.0 Å². The Morgan fingerprint density at radius 1 is 0.712 bits per heavy atom. The second-order valence-electron chi connectivity index (χ2n) is 11.5. The van der Waals surface area contributed by atoms with Crippen molar-refractivity contribution in [2.45, 2.75) is 6.54 Å². The molecule has 274 valence electrons. The van der Waals surface area contributed by atoms with Gasteiger partial charge in [0, 0.05) is 48.0 Å². The normalized spacial score (nSPS) is 11.0. The molecule has 52 heavy (non-hydrogen) atoms. The highest BCUT2D eigenvalue weighted by Crippen LogP contribution is 2.40. The SMILES string of the molecule is COc1cc(OC)cc(-c2nc(-c3ccc(OC)c(F)c3)c(-c3ccc(OC)c(F)c3)n2Cc2ccc(C(=O)NCCOCCOCCN)cc2)c1. The number of carbonyl (C=O) groups excluding carboxylic acids is 1. The Kier molecular flexibility index (Phi) is 13.2. The summed E-state index contributed by atoms with van der Waals surface area (Å²) in [5, 5.41) is 2.85. The summed E-state index contributed by atoms with van der Waals surface area (Å²) < 4.78 is 64.6. The molecule has 0 aliphatic carbocycles. The average molecular weight is 717 g/mol. The van der Waals surface area contributed by atoms with Crippen LogP contribution in [0.25, 0.3) is 33.9 Å². The van der Waals surface area contributed by atoms with E-state index in [1.807, 2.05) is 28.8 Å². The summed E-state index contributed by atoms with van der Waals surface area (Å²) in [6.45, 7) is 2.67. The predicted octanol–water partition coefficient (Wildman–Crippen LogP) is 5.97. The summed E-state index contributed by atoms with van der Waals surface area (Å²) in [6, 6.07) is 21.6. The summed E-state index contributed by atoms with van der Waals surface area (Å²) in [5.74, 6) is 0.263. The van der Waals surface area contributed by atoms with Crippen molar-refractivity contribution in [2.24, 2.45) is 5.73 Å². The second-order valence-corrected chi connectivity index (χ2v) is 11.5. The van der Waals surface area contributed by atoms with Crippen molar-refractivity contribution in [3.05, 3.63) is 102 Å². The number of nitrogens with zero attached hydrogens (tertiary/aromatic N) is 2. The summed E-state index contributed by atoms with van der Waals surface area (Å²) in [6.07, 6.45) is 0. The average Bonchev–Trinajstić information content (AvgIpc) is 3.54. The Morgan fingerprint density at radius 3 is 1.88 bits per heavy atom. The van der Waals surface area contributed by atoms with Crippen LogP contribution < -0.4 is 30.0 Å². The molecular formula is C39H42F2N4O7. The largest absolute Gasteiger partial charge is 0.497 e. The number of nitrogens with one attached hydrogen (secondary N) is 1. The van der Waals surface area contributed by atoms with Gasteiger partial charge in [0.1, 0.15) is 17.3 Å². The lowest BCUT2D eigenvalue weighted by molar-refractivity contribution is 0.0511. The summed E-state index contributed by atoms with van der Waals surface area (Å²) >= 11 is 0. The third-order valence-corrected chi connectivity index (χ3v) is 8.15. The van der Waals surface area contributed by atoms with Crippen LogP contribution >= 0.6 is 0 Å². The fourth-order valence-corrected chi connectivity index (χ4v) is 5.57. The van der Waals surface area contributed by atoms with E-state index in [0.717, 1.165) is 5.56 Å². The quantitative estimate of drug-likeness (QED) is 0.106. The lowest BCUT2D eigenvalue weighted by Gasteiger charge is -2.16. The van der Waals surface area contributed by atoms with Crippen LogP contribution in [0.5, 0.6) is 23.0 Å². The summed E-state index contributed by atoms with van der Waals surface area (Å²) in [4.78, 5) is 17.9. The van der Waals surface area contributed by atoms with E-state index in [2.05, 4.69) is 5.32 Å². The maximum absolute atomic E-state index is 15.3. The van der Waals surface area contributed by atoms with Crippen LogP contribution in [0.1, 0.15) is 15.9 Å². The number of benzene rings is 4. The minimum Gasteiger partial charge on any atom is -0.497 e. The molecule has 0 unspecified atom stereocenters. The van der Waals surface area contributed by atoms with Gasteiger partial charge in [-0.3, -0.25) is 4.79 Å². The van der Waals surface area contributed by atoms with Gasteiger partial charge in [-0.05, 0) is 66.2 Å². The van der Waals surface area contributed by atoms with E-state index in [1.165, 1.54) is 38.5 Å². The zero-order valence-electron chi connectivity index (χ0n) is 29.5. The molecule has 3 N–H and O–H groups in total. The first-order valence-corrected chi connectivity index (χ1v) is 16.5. The molecule has 0 aliphatic heterocycles. The predicted molar refractivity (Wildman–Crippen MR) is 193 cm³/mol. The van der Waals surface area contributed by atoms with Crippen molar-refractivity contribution in [2.75, 3.05) is 68.0 Å². The van der Waals surface area contributed by atoms with E-state index in [0.29, 0.717) is 90.5 Å². The van der Waals surface area contributed by atoms with E-state index >= 15 is 8.78 Å². The molecule has 0 fully saturated rings. The van der Waals surface area contributed by atoms with Gasteiger partial charge >= 0.3 is 0 Å². The highest BCUT2D eigenvalue weighted by Gasteiger charge is 2.24. The molecule has 1 aromatic heterocycles. The van der Waals surface area contributed by atoms with Crippen molar-refractivity contribution in [1.29, 1.82) is 0 Å². The molecule has 0 spiro atoms. The molecule has 1 amide bonds. The maximum atomic E-state index is 15.3. The second kappa shape index (κ2) is 18.1. The number of imidazole rings is 1. The first-order chi connectivity index (χ1) is 25.3. The number of halogens is 2. The van der Waals surface area contributed by atoms with Gasteiger partial charge in [0.15, 0.2) is 23.1 Å². The van der Waals surface area contributed by atoms with E-state index < -0.39 is 11.6 Å². The molecule has 4 aromatic carbocycles. The number of ether oxygens (including phenoxy) is 6. The number of hydrogen-bond donors (Lipinski definition) is 2. The Labute approximate surface area is 301 Å². The van der Waals surface area contributed by atoms with Crippen LogP contribution in [0.15, 0.2) is 78.9 Å². The van der Waals surface area contributed by atoms with Gasteiger partial charge in [-0.25, -0.2) is 13.8 Å². The lowest BCUT2D eigenvalue weighted by Crippen LogP contribution is -2.27. The van der Waals surface area contributed by atoms with Gasteiger partial charge < -0.3 is 44.0 Å². The van der Waals surface area contributed by atoms with Gasteiger partial charge in [0.25, 0.3) is 5.91 Å². The molecule has 1 heterocycles. The van der Waals surface area contributed by atoms with Crippen LogP contribution in [-0.4, -0.2) is 83.4 Å². The van der Waals surface area contributed by atoms with Crippen LogP contribution in [0.3, 0.4) is 0 Å². The number of amides is 1. The molecule has 11 nitrogen and oxygen atoms in total. The Morgan fingerprint density at radius 2 is 1.31 bits per heavy atom. The standard InChI is InChI=1S/C39H42F2N4O7/c1-47-30-19-29(20-31(23-30)48-2)38-44-36(27-9-11-34(49-3)32(40)21-27)37(28-10-12-35(50-4)33(41)22-28)45(38)24-25-5-7-26(8-6-25)39(46)43-14-16-52-18-17-51-15-13-42/h5-12,19-23H,13-18,24,42H2,1-4H3,(H,43,46). The van der Waals surface area contributed by atoms with E-state index in [9.17, 15) is 4.79 Å². The first kappa shape index (κ1) is 37.7. The third kappa shape index (κ3) is 9.04. The zero-order valence-corrected chi connectivity index (χ0v) is 29.5. The van der Waals surface area contributed by atoms with Crippen LogP contribution in [0.2, 0.25) is 0 Å². The van der Waals surface area contributed by atoms with Crippen LogP contribution in [0, 0.1) is 11.6 Å². The molecule has 5 aromatic rings. The molecule has 0 saturated carbocycles. The molecule has 0 radical (unpaired) electrons. The molecule has 13 heteroatoms. The number of hydrogen-bond acceptors (Lipinski definition) is 9. The van der Waals surface area contributed by atoms with Gasteiger partial charge in [0.2, 0.25) is 0 Å². The summed E-state index contributed by atoms with van der Waals surface area (Å²) in [5.41, 5.74) is 9.14. The van der Waals surface area contributed by atoms with Crippen molar-refractivity contribution in [1.82, 2.24) is 14.9 Å². The minimum atomic E-state index is -0.581. The maximum Gasteiger partial charge on any atom is 0.251 e. The van der Waals surface area contributed by atoms with Crippen LogP contribution in [0.4, 0.5) is 8.78 Å². The molecular weight excluding hydrogens is 674 g/mol. The molecule has 0 saturated heterocycles. The fourth-order valence-electron chi connectivity index (χ4n) is 5.57. The monoisotopic (exact) mass is 716 g/mol. The van der Waals surface area contributed by atoms with E-state index in [1.54, 1.807) is 44.6 Å². The summed E-state index contributed by atoms with van der Waals surface area (Å²) in [7, 11) is 5.87. The zero-order chi connectivity index (χ0) is 37.0.